The van der Waals surface area contributed by atoms with Gasteiger partial charge in [0, 0.05) is 11.6 Å². The lowest BCUT2D eigenvalue weighted by atomic mass is 10.0. The zero-order chi connectivity index (χ0) is 18.5. The van der Waals surface area contributed by atoms with Crippen LogP contribution in [-0.2, 0) is 0 Å². The topological polar surface area (TPSA) is 63.8 Å². The van der Waals surface area contributed by atoms with Gasteiger partial charge in [0.2, 0.25) is 5.58 Å². The Kier molecular flexibility index (Phi) is 3.92. The van der Waals surface area contributed by atoms with Crippen molar-refractivity contribution in [3.8, 4) is 11.3 Å². The van der Waals surface area contributed by atoms with Crippen LogP contribution >= 0.6 is 0 Å². The van der Waals surface area contributed by atoms with E-state index in [0.717, 1.165) is 40.3 Å². The van der Waals surface area contributed by atoms with Crippen molar-refractivity contribution >= 4 is 16.9 Å². The molecule has 2 aliphatic carbocycles. The second-order valence-corrected chi connectivity index (χ2v) is 8.41. The lowest BCUT2D eigenvalue weighted by Gasteiger charge is -2.18. The first-order valence-electron chi connectivity index (χ1n) is 10.1. The van der Waals surface area contributed by atoms with Gasteiger partial charge in [0.15, 0.2) is 5.82 Å². The molecule has 0 bridgehead atoms. The molecule has 0 aliphatic heterocycles. The van der Waals surface area contributed by atoms with E-state index in [9.17, 15) is 0 Å². The number of benzene rings is 1. The van der Waals surface area contributed by atoms with Gasteiger partial charge in [0.25, 0.3) is 0 Å². The van der Waals surface area contributed by atoms with Crippen molar-refractivity contribution in [3.63, 3.8) is 0 Å². The molecule has 2 fully saturated rings. The Morgan fingerprint density at radius 1 is 1.11 bits per heavy atom. The third-order valence-corrected chi connectivity index (χ3v) is 5.86. The summed E-state index contributed by atoms with van der Waals surface area (Å²) in [6.07, 6.45) is 6.64. The van der Waals surface area contributed by atoms with E-state index in [1.165, 1.54) is 43.2 Å². The van der Waals surface area contributed by atoms with E-state index in [1.54, 1.807) is 0 Å². The van der Waals surface area contributed by atoms with E-state index in [1.807, 2.05) is 6.92 Å². The molecule has 27 heavy (non-hydrogen) atoms. The fourth-order valence-electron chi connectivity index (χ4n) is 4.05. The van der Waals surface area contributed by atoms with E-state index < -0.39 is 0 Å². The first kappa shape index (κ1) is 16.7. The molecule has 140 valence electrons. The summed E-state index contributed by atoms with van der Waals surface area (Å²) in [5.74, 6) is 3.22. The highest BCUT2D eigenvalue weighted by Crippen LogP contribution is 2.43. The van der Waals surface area contributed by atoms with Crippen molar-refractivity contribution in [1.29, 1.82) is 0 Å². The van der Waals surface area contributed by atoms with Crippen LogP contribution in [0.3, 0.4) is 0 Å². The van der Waals surface area contributed by atoms with Crippen LogP contribution in [0.4, 0.5) is 5.82 Å². The van der Waals surface area contributed by atoms with Crippen molar-refractivity contribution in [2.75, 3.05) is 5.32 Å². The molecule has 5 heteroatoms. The first-order valence-corrected chi connectivity index (χ1v) is 10.1. The molecule has 2 aliphatic rings. The van der Waals surface area contributed by atoms with Gasteiger partial charge in [0.05, 0.1) is 0 Å². The van der Waals surface area contributed by atoms with Crippen molar-refractivity contribution in [2.45, 2.75) is 58.9 Å². The molecule has 0 saturated heterocycles. The highest BCUT2D eigenvalue weighted by atomic mass is 16.5. The van der Waals surface area contributed by atoms with Crippen LogP contribution in [0.25, 0.3) is 22.4 Å². The second kappa shape index (κ2) is 6.32. The van der Waals surface area contributed by atoms with Gasteiger partial charge in [-0.2, -0.15) is 0 Å². The first-order chi connectivity index (χ1) is 13.1. The van der Waals surface area contributed by atoms with Crippen LogP contribution in [0.2, 0.25) is 0 Å². The molecule has 2 aromatic heterocycles. The predicted molar refractivity (Wildman–Crippen MR) is 107 cm³/mol. The number of nitrogens with zero attached hydrogens (tertiary/aromatic N) is 3. The standard InChI is InChI=1S/C22H26N4O/c1-12-4-9-17(13(2)10-12)19-20-21(27-26-19)22(24-14(3)23-20)25-18(16-7-8-16)11-15-5-6-15/h4,9-10,15-16,18H,5-8,11H2,1-3H3,(H,23,24,25). The molecule has 1 atom stereocenters. The summed E-state index contributed by atoms with van der Waals surface area (Å²) in [6, 6.07) is 6.87. The molecule has 3 aromatic rings. The van der Waals surface area contributed by atoms with Gasteiger partial charge in [-0.3, -0.25) is 0 Å². The molecule has 2 heterocycles. The number of rotatable bonds is 6. The van der Waals surface area contributed by atoms with Crippen molar-refractivity contribution in [1.82, 2.24) is 15.1 Å². The Bertz CT molecular complexity index is 1000. The summed E-state index contributed by atoms with van der Waals surface area (Å²) in [5.41, 5.74) is 5.78. The number of aryl methyl sites for hydroxylation is 3. The number of hydrogen-bond acceptors (Lipinski definition) is 5. The fourth-order valence-corrected chi connectivity index (χ4v) is 4.05. The van der Waals surface area contributed by atoms with Crippen LogP contribution in [0.15, 0.2) is 22.7 Å². The van der Waals surface area contributed by atoms with Crippen LogP contribution in [0.5, 0.6) is 0 Å². The van der Waals surface area contributed by atoms with Gasteiger partial charge >= 0.3 is 0 Å². The maximum atomic E-state index is 5.76. The minimum Gasteiger partial charge on any atom is -0.364 e. The molecular weight excluding hydrogens is 336 g/mol. The second-order valence-electron chi connectivity index (χ2n) is 8.41. The summed E-state index contributed by atoms with van der Waals surface area (Å²) < 4.78 is 5.76. The number of anilines is 1. The normalized spacial score (nSPS) is 18.0. The van der Waals surface area contributed by atoms with Crippen LogP contribution < -0.4 is 5.32 Å². The third kappa shape index (κ3) is 3.31. The summed E-state index contributed by atoms with van der Waals surface area (Å²) in [5, 5.41) is 8.08. The maximum Gasteiger partial charge on any atom is 0.228 e. The summed E-state index contributed by atoms with van der Waals surface area (Å²) in [7, 11) is 0. The van der Waals surface area contributed by atoms with Gasteiger partial charge in [-0.25, -0.2) is 9.97 Å². The Labute approximate surface area is 159 Å². The third-order valence-electron chi connectivity index (χ3n) is 5.86. The molecule has 1 aromatic carbocycles. The lowest BCUT2D eigenvalue weighted by Crippen LogP contribution is -2.23. The van der Waals surface area contributed by atoms with Gasteiger partial charge in [0.1, 0.15) is 17.0 Å². The Hall–Kier alpha value is -2.43. The zero-order valence-corrected chi connectivity index (χ0v) is 16.2. The molecule has 2 saturated carbocycles. The van der Waals surface area contributed by atoms with Crippen molar-refractivity contribution < 1.29 is 4.52 Å². The molecule has 1 unspecified atom stereocenters. The molecule has 5 nitrogen and oxygen atoms in total. The SMILES string of the molecule is Cc1ccc(-c2noc3c(NC(CC4CC4)C4CC4)nc(C)nc23)c(C)c1. The average molecular weight is 362 g/mol. The molecule has 0 amide bonds. The Morgan fingerprint density at radius 2 is 1.93 bits per heavy atom. The highest BCUT2D eigenvalue weighted by Gasteiger charge is 2.36. The molecule has 1 N–H and O–H groups in total. The van der Waals surface area contributed by atoms with E-state index in [0.29, 0.717) is 11.6 Å². The summed E-state index contributed by atoms with van der Waals surface area (Å²) in [4.78, 5) is 9.34. The molecule has 0 spiro atoms. The number of nitrogens with one attached hydrogen (secondary N) is 1. The van der Waals surface area contributed by atoms with Crippen molar-refractivity contribution in [2.24, 2.45) is 11.8 Å². The molecular formula is C22H26N4O. The molecule has 0 radical (unpaired) electrons. The average Bonchev–Trinajstić information content (AvgIpc) is 3.53. The number of hydrogen-bond donors (Lipinski definition) is 1. The van der Waals surface area contributed by atoms with E-state index in [4.69, 9.17) is 4.52 Å². The quantitative estimate of drug-likeness (QED) is 0.653. The van der Waals surface area contributed by atoms with Crippen LogP contribution in [0.1, 0.15) is 49.1 Å². The lowest BCUT2D eigenvalue weighted by molar-refractivity contribution is 0.457. The van der Waals surface area contributed by atoms with Gasteiger partial charge in [-0.05, 0) is 57.4 Å². The van der Waals surface area contributed by atoms with Crippen LogP contribution in [0, 0.1) is 32.6 Å². The Balaban J connectivity index is 1.54. The smallest absolute Gasteiger partial charge is 0.228 e. The van der Waals surface area contributed by atoms with Gasteiger partial charge in [-0.1, -0.05) is 41.8 Å². The van der Waals surface area contributed by atoms with E-state index in [2.05, 4.69) is 52.5 Å². The van der Waals surface area contributed by atoms with Crippen LogP contribution in [-0.4, -0.2) is 21.2 Å². The highest BCUT2D eigenvalue weighted by molar-refractivity contribution is 5.94. The Morgan fingerprint density at radius 3 is 2.63 bits per heavy atom. The predicted octanol–water partition coefficient (Wildman–Crippen LogP) is 5.20. The summed E-state index contributed by atoms with van der Waals surface area (Å²) in [6.45, 7) is 6.15. The van der Waals surface area contributed by atoms with Crippen molar-refractivity contribution in [3.05, 3.63) is 35.2 Å². The molecule has 5 rings (SSSR count). The van der Waals surface area contributed by atoms with Gasteiger partial charge < -0.3 is 9.84 Å². The summed E-state index contributed by atoms with van der Waals surface area (Å²) >= 11 is 0. The largest absolute Gasteiger partial charge is 0.364 e. The van der Waals surface area contributed by atoms with E-state index in [-0.39, 0.29) is 0 Å². The number of aromatic nitrogens is 3. The maximum absolute atomic E-state index is 5.76. The fraction of sp³-hybridized carbons (Fsp3) is 0.500. The minimum absolute atomic E-state index is 0.490. The van der Waals surface area contributed by atoms with Gasteiger partial charge in [-0.15, -0.1) is 0 Å². The van der Waals surface area contributed by atoms with E-state index >= 15 is 0 Å². The monoisotopic (exact) mass is 362 g/mol. The number of fused-ring (bicyclic) bond motifs is 1. The minimum atomic E-state index is 0.490. The zero-order valence-electron chi connectivity index (χ0n) is 16.2.